The molecule has 0 amide bonds. The van der Waals surface area contributed by atoms with Gasteiger partial charge in [-0.05, 0) is 106 Å². The number of benzene rings is 9. The second kappa shape index (κ2) is 10.8. The maximum Gasteiger partial charge on any atom is 0.135 e. The van der Waals surface area contributed by atoms with E-state index in [1.165, 1.54) is 88.0 Å². The summed E-state index contributed by atoms with van der Waals surface area (Å²) in [5, 5.41) is 9.95. The molecular weight excluding hydrogens is 629 g/mol. The lowest BCUT2D eigenvalue weighted by Gasteiger charge is -2.26. The maximum atomic E-state index is 6.21. The molecule has 0 N–H and O–H groups in total. The molecule has 1 heteroatoms. The molecule has 0 saturated heterocycles. The Bertz CT molecular complexity index is 3030. The fourth-order valence-electron chi connectivity index (χ4n) is 9.43. The molecule has 1 aliphatic rings. The van der Waals surface area contributed by atoms with Crippen LogP contribution in [-0.4, -0.2) is 0 Å². The van der Waals surface area contributed by atoms with Crippen LogP contribution in [0.15, 0.2) is 174 Å². The fraction of sp³-hybridized carbons (Fsp3) is 0.0588. The van der Waals surface area contributed by atoms with Gasteiger partial charge < -0.3 is 4.42 Å². The van der Waals surface area contributed by atoms with E-state index in [9.17, 15) is 0 Å². The van der Waals surface area contributed by atoms with E-state index in [-0.39, 0.29) is 5.41 Å². The van der Waals surface area contributed by atoms with Crippen molar-refractivity contribution in [2.45, 2.75) is 19.3 Å². The van der Waals surface area contributed by atoms with Crippen LogP contribution in [0.2, 0.25) is 0 Å². The average molecular weight is 663 g/mol. The minimum Gasteiger partial charge on any atom is -0.456 e. The lowest BCUT2D eigenvalue weighted by molar-refractivity contribution is 0.668. The topological polar surface area (TPSA) is 13.1 Å². The van der Waals surface area contributed by atoms with Crippen LogP contribution in [-0.2, 0) is 5.41 Å². The van der Waals surface area contributed by atoms with Crippen molar-refractivity contribution in [1.82, 2.24) is 0 Å². The highest BCUT2D eigenvalue weighted by atomic mass is 16.3. The van der Waals surface area contributed by atoms with Crippen LogP contribution in [0.5, 0.6) is 0 Å². The van der Waals surface area contributed by atoms with Gasteiger partial charge in [0.15, 0.2) is 0 Å². The average Bonchev–Trinajstić information content (AvgIpc) is 3.68. The third-order valence-corrected chi connectivity index (χ3v) is 11.6. The smallest absolute Gasteiger partial charge is 0.135 e. The Hall–Kier alpha value is -6.44. The molecule has 0 atom stereocenters. The van der Waals surface area contributed by atoms with Crippen LogP contribution in [0.4, 0.5) is 0 Å². The summed E-state index contributed by atoms with van der Waals surface area (Å²) < 4.78 is 6.21. The summed E-state index contributed by atoms with van der Waals surface area (Å²) >= 11 is 0. The zero-order chi connectivity index (χ0) is 34.6. The maximum absolute atomic E-state index is 6.21. The first-order valence-electron chi connectivity index (χ1n) is 18.2. The largest absolute Gasteiger partial charge is 0.456 e. The molecule has 244 valence electrons. The minimum absolute atomic E-state index is 0.130. The number of hydrogen-bond acceptors (Lipinski definition) is 1. The van der Waals surface area contributed by atoms with E-state index in [1.807, 2.05) is 12.1 Å². The molecule has 0 spiro atoms. The van der Waals surface area contributed by atoms with E-state index < -0.39 is 0 Å². The second-order valence-corrected chi connectivity index (χ2v) is 14.8. The van der Waals surface area contributed by atoms with E-state index in [0.29, 0.717) is 0 Å². The summed E-state index contributed by atoms with van der Waals surface area (Å²) in [6.45, 7) is 4.79. The third-order valence-electron chi connectivity index (χ3n) is 11.6. The van der Waals surface area contributed by atoms with Crippen molar-refractivity contribution in [1.29, 1.82) is 0 Å². The van der Waals surface area contributed by atoms with Crippen LogP contribution in [0.1, 0.15) is 25.0 Å². The zero-order valence-electron chi connectivity index (χ0n) is 29.1. The highest BCUT2D eigenvalue weighted by Gasteiger charge is 2.38. The predicted molar refractivity (Wildman–Crippen MR) is 220 cm³/mol. The summed E-state index contributed by atoms with van der Waals surface area (Å²) in [6, 6.07) is 62.4. The van der Waals surface area contributed by atoms with Gasteiger partial charge in [0.2, 0.25) is 0 Å². The van der Waals surface area contributed by atoms with Crippen LogP contribution in [0, 0.1) is 0 Å². The van der Waals surface area contributed by atoms with Crippen LogP contribution in [0.3, 0.4) is 0 Å². The number of rotatable bonds is 3. The van der Waals surface area contributed by atoms with Crippen molar-refractivity contribution in [3.8, 4) is 44.5 Å². The van der Waals surface area contributed by atoms with Gasteiger partial charge in [0.1, 0.15) is 11.2 Å². The summed E-state index contributed by atoms with van der Waals surface area (Å²) in [4.78, 5) is 0. The Kier molecular flexibility index (Phi) is 6.08. The van der Waals surface area contributed by atoms with E-state index in [1.54, 1.807) is 0 Å². The first-order chi connectivity index (χ1) is 25.6. The molecule has 0 radical (unpaired) electrons. The second-order valence-electron chi connectivity index (χ2n) is 14.8. The first-order valence-corrected chi connectivity index (χ1v) is 18.2. The van der Waals surface area contributed by atoms with Gasteiger partial charge in [0.05, 0.1) is 0 Å². The summed E-state index contributed by atoms with van der Waals surface area (Å²) in [5.74, 6) is 0. The molecule has 1 aromatic heterocycles. The van der Waals surface area contributed by atoms with Crippen molar-refractivity contribution < 1.29 is 4.42 Å². The normalized spacial score (nSPS) is 13.3. The fourth-order valence-corrected chi connectivity index (χ4v) is 9.43. The zero-order valence-corrected chi connectivity index (χ0v) is 29.1. The first kappa shape index (κ1) is 29.3. The summed E-state index contributed by atoms with van der Waals surface area (Å²) in [7, 11) is 0. The summed E-state index contributed by atoms with van der Waals surface area (Å²) in [5.41, 5.74) is 14.8. The number of hydrogen-bond donors (Lipinski definition) is 0. The van der Waals surface area contributed by atoms with Crippen LogP contribution in [0.25, 0.3) is 98.8 Å². The highest BCUT2D eigenvalue weighted by Crippen LogP contribution is 2.54. The van der Waals surface area contributed by atoms with Gasteiger partial charge in [-0.3, -0.25) is 0 Å². The number of fused-ring (bicyclic) bond motifs is 10. The molecular formula is C51H34O. The minimum atomic E-state index is -0.130. The molecule has 0 aliphatic heterocycles. The standard InChI is InChI=1S/C51H34O/c1-51(2)49-36(19-11-20-42(49)43-28-26-31-12-3-4-13-35(31)50(43)51)32-22-24-33(25-23-32)47-38-15-5-7-17-40(38)48(41-18-8-6-16-39(41)47)34-27-29-46-44(30-34)37-14-9-10-21-45(37)52-46/h3-30H,1-2H3. The van der Waals surface area contributed by atoms with Crippen molar-refractivity contribution in [2.24, 2.45) is 0 Å². The molecule has 0 unspecified atom stereocenters. The SMILES string of the molecule is CC1(C)c2c(-c3ccc(-c4c5ccccc5c(-c5ccc6oc7ccccc7c6c5)c5ccccc45)cc3)cccc2-c2ccc3ccccc3c21. The van der Waals surface area contributed by atoms with Gasteiger partial charge in [-0.2, -0.15) is 0 Å². The molecule has 10 aromatic rings. The quantitative estimate of drug-likeness (QED) is 0.172. The molecule has 9 aromatic carbocycles. The lowest BCUT2D eigenvalue weighted by Crippen LogP contribution is -2.16. The van der Waals surface area contributed by atoms with Gasteiger partial charge in [0, 0.05) is 16.2 Å². The van der Waals surface area contributed by atoms with Gasteiger partial charge in [0.25, 0.3) is 0 Å². The Labute approximate surface area is 302 Å². The Balaban J connectivity index is 1.08. The Morgan fingerprint density at radius 2 is 0.865 bits per heavy atom. The molecule has 0 fully saturated rings. The van der Waals surface area contributed by atoms with Gasteiger partial charge in [-0.1, -0.05) is 166 Å². The summed E-state index contributed by atoms with van der Waals surface area (Å²) in [6.07, 6.45) is 0. The molecule has 11 rings (SSSR count). The van der Waals surface area contributed by atoms with Crippen LogP contribution < -0.4 is 0 Å². The van der Waals surface area contributed by atoms with Crippen molar-refractivity contribution in [3.05, 3.63) is 181 Å². The van der Waals surface area contributed by atoms with E-state index in [2.05, 4.69) is 172 Å². The van der Waals surface area contributed by atoms with E-state index >= 15 is 0 Å². The van der Waals surface area contributed by atoms with Crippen molar-refractivity contribution >= 4 is 54.3 Å². The molecule has 1 aliphatic carbocycles. The van der Waals surface area contributed by atoms with E-state index in [4.69, 9.17) is 4.42 Å². The van der Waals surface area contributed by atoms with Gasteiger partial charge in [-0.25, -0.2) is 0 Å². The van der Waals surface area contributed by atoms with Gasteiger partial charge >= 0.3 is 0 Å². The Morgan fingerprint density at radius 3 is 1.58 bits per heavy atom. The highest BCUT2D eigenvalue weighted by molar-refractivity contribution is 6.22. The molecule has 0 saturated carbocycles. The van der Waals surface area contributed by atoms with Crippen LogP contribution >= 0.6 is 0 Å². The molecule has 1 nitrogen and oxygen atoms in total. The van der Waals surface area contributed by atoms with Crippen molar-refractivity contribution in [2.75, 3.05) is 0 Å². The number of para-hydroxylation sites is 1. The van der Waals surface area contributed by atoms with Crippen molar-refractivity contribution in [3.63, 3.8) is 0 Å². The molecule has 0 bridgehead atoms. The molecule has 52 heavy (non-hydrogen) atoms. The van der Waals surface area contributed by atoms with E-state index in [0.717, 1.165) is 21.9 Å². The number of furan rings is 1. The molecule has 1 heterocycles. The predicted octanol–water partition coefficient (Wildman–Crippen LogP) is 14.4. The third kappa shape index (κ3) is 4.05. The Morgan fingerprint density at radius 1 is 0.346 bits per heavy atom. The monoisotopic (exact) mass is 662 g/mol. The lowest BCUT2D eigenvalue weighted by atomic mass is 9.77. The van der Waals surface area contributed by atoms with Gasteiger partial charge in [-0.15, -0.1) is 0 Å².